The number of hydrogen-bond donors (Lipinski definition) is 1. The molecule has 1 aromatic carbocycles. The quantitative estimate of drug-likeness (QED) is 0.470. The third kappa shape index (κ3) is 6.53. The van der Waals surface area contributed by atoms with Crippen LogP contribution in [0.1, 0.15) is 19.4 Å². The summed E-state index contributed by atoms with van der Waals surface area (Å²) in [6.07, 6.45) is 1.44. The lowest BCUT2D eigenvalue weighted by Gasteiger charge is -2.11. The van der Waals surface area contributed by atoms with Crippen LogP contribution in [0.4, 0.5) is 5.69 Å². The zero-order chi connectivity index (χ0) is 18.1. The number of nitriles is 1. The molecule has 0 radical (unpaired) electrons. The number of nitrogens with zero attached hydrogens (tertiary/aromatic N) is 2. The standard InChI is InChI=1S/C18H23N3O3/c1-13(2)11-20-17(22)12-24-18(23)15(10-19)9-14-5-7-16(8-6-14)21(3)4/h5-9,13H,11-12H2,1-4H3,(H,20,22)/b15-9+. The summed E-state index contributed by atoms with van der Waals surface area (Å²) in [5.74, 6) is -0.886. The summed E-state index contributed by atoms with van der Waals surface area (Å²) in [5.41, 5.74) is 1.57. The minimum absolute atomic E-state index is 0.149. The summed E-state index contributed by atoms with van der Waals surface area (Å²) < 4.78 is 4.87. The Labute approximate surface area is 142 Å². The second-order valence-corrected chi connectivity index (χ2v) is 5.93. The molecule has 0 atom stereocenters. The van der Waals surface area contributed by atoms with Gasteiger partial charge in [0.2, 0.25) is 0 Å². The average molecular weight is 329 g/mol. The van der Waals surface area contributed by atoms with Gasteiger partial charge in [0, 0.05) is 26.3 Å². The molecule has 0 aromatic heterocycles. The van der Waals surface area contributed by atoms with Crippen LogP contribution in [0.3, 0.4) is 0 Å². The van der Waals surface area contributed by atoms with Crippen LogP contribution in [0.25, 0.3) is 6.08 Å². The lowest BCUT2D eigenvalue weighted by Crippen LogP contribution is -2.31. The first-order valence-corrected chi connectivity index (χ1v) is 7.66. The highest BCUT2D eigenvalue weighted by atomic mass is 16.5. The van der Waals surface area contributed by atoms with Crippen molar-refractivity contribution in [1.82, 2.24) is 5.32 Å². The van der Waals surface area contributed by atoms with E-state index in [4.69, 9.17) is 10.00 Å². The zero-order valence-electron chi connectivity index (χ0n) is 14.5. The second-order valence-electron chi connectivity index (χ2n) is 5.93. The predicted octanol–water partition coefficient (Wildman–Crippen LogP) is 1.97. The number of carbonyl (C=O) groups is 2. The first-order valence-electron chi connectivity index (χ1n) is 7.66. The Morgan fingerprint density at radius 2 is 1.92 bits per heavy atom. The van der Waals surface area contributed by atoms with Gasteiger partial charge in [-0.05, 0) is 29.7 Å². The Hall–Kier alpha value is -2.81. The fourth-order valence-corrected chi connectivity index (χ4v) is 1.75. The summed E-state index contributed by atoms with van der Waals surface area (Å²) in [7, 11) is 3.85. The maximum absolute atomic E-state index is 11.9. The molecule has 6 heteroatoms. The lowest BCUT2D eigenvalue weighted by atomic mass is 10.1. The van der Waals surface area contributed by atoms with Gasteiger partial charge >= 0.3 is 5.97 Å². The third-order valence-electron chi connectivity index (χ3n) is 3.10. The molecule has 0 unspecified atom stereocenters. The van der Waals surface area contributed by atoms with Crippen LogP contribution in [-0.2, 0) is 14.3 Å². The fourth-order valence-electron chi connectivity index (χ4n) is 1.75. The summed E-state index contributed by atoms with van der Waals surface area (Å²) in [5, 5.41) is 11.8. The molecule has 0 aliphatic carbocycles. The van der Waals surface area contributed by atoms with Crippen LogP contribution in [0, 0.1) is 17.2 Å². The van der Waals surface area contributed by atoms with Crippen LogP contribution in [0.15, 0.2) is 29.8 Å². The predicted molar refractivity (Wildman–Crippen MR) is 93.2 cm³/mol. The van der Waals surface area contributed by atoms with Crippen molar-refractivity contribution in [2.24, 2.45) is 5.92 Å². The largest absolute Gasteiger partial charge is 0.451 e. The molecule has 0 bridgehead atoms. The van der Waals surface area contributed by atoms with Gasteiger partial charge in [-0.3, -0.25) is 4.79 Å². The number of carbonyl (C=O) groups excluding carboxylic acids is 2. The van der Waals surface area contributed by atoms with E-state index in [9.17, 15) is 9.59 Å². The Morgan fingerprint density at radius 3 is 2.42 bits per heavy atom. The second kappa shape index (κ2) is 9.36. The summed E-state index contributed by atoms with van der Waals surface area (Å²) in [4.78, 5) is 25.4. The molecular formula is C18H23N3O3. The van der Waals surface area contributed by atoms with Gasteiger partial charge in [0.05, 0.1) is 0 Å². The highest BCUT2D eigenvalue weighted by Crippen LogP contribution is 2.15. The Bertz CT molecular complexity index is 640. The number of amides is 1. The van der Waals surface area contributed by atoms with Gasteiger partial charge in [0.15, 0.2) is 6.61 Å². The molecule has 128 valence electrons. The van der Waals surface area contributed by atoms with E-state index in [2.05, 4.69) is 5.32 Å². The van der Waals surface area contributed by atoms with Crippen LogP contribution < -0.4 is 10.2 Å². The number of ether oxygens (including phenoxy) is 1. The van der Waals surface area contributed by atoms with Gasteiger partial charge in [0.25, 0.3) is 5.91 Å². The molecule has 1 N–H and O–H groups in total. The van der Waals surface area contributed by atoms with Gasteiger partial charge in [-0.1, -0.05) is 26.0 Å². The molecule has 0 saturated heterocycles. The van der Waals surface area contributed by atoms with Crippen molar-refractivity contribution in [2.45, 2.75) is 13.8 Å². The van der Waals surface area contributed by atoms with Crippen molar-refractivity contribution in [3.63, 3.8) is 0 Å². The van der Waals surface area contributed by atoms with Crippen molar-refractivity contribution in [3.8, 4) is 6.07 Å². The van der Waals surface area contributed by atoms with Gasteiger partial charge < -0.3 is 15.0 Å². The summed E-state index contributed by atoms with van der Waals surface area (Å²) >= 11 is 0. The minimum atomic E-state index is -0.811. The Kier molecular flexibility index (Phi) is 7.50. The van der Waals surface area contributed by atoms with E-state index in [0.717, 1.165) is 5.69 Å². The number of rotatable bonds is 7. The number of anilines is 1. The molecule has 0 aliphatic rings. The average Bonchev–Trinajstić information content (AvgIpc) is 2.55. The fraction of sp³-hybridized carbons (Fsp3) is 0.389. The van der Waals surface area contributed by atoms with Gasteiger partial charge in [-0.15, -0.1) is 0 Å². The van der Waals surface area contributed by atoms with Crippen molar-refractivity contribution in [3.05, 3.63) is 35.4 Å². The number of hydrogen-bond acceptors (Lipinski definition) is 5. The number of benzene rings is 1. The molecule has 24 heavy (non-hydrogen) atoms. The minimum Gasteiger partial charge on any atom is -0.451 e. The molecule has 0 saturated carbocycles. The molecule has 0 spiro atoms. The van der Waals surface area contributed by atoms with Crippen LogP contribution in [0.2, 0.25) is 0 Å². The molecular weight excluding hydrogens is 306 g/mol. The molecule has 6 nitrogen and oxygen atoms in total. The molecule has 0 heterocycles. The summed E-state index contributed by atoms with van der Waals surface area (Å²) in [6.45, 7) is 4.04. The van der Waals surface area contributed by atoms with Crippen LogP contribution in [-0.4, -0.2) is 39.1 Å². The summed E-state index contributed by atoms with van der Waals surface area (Å²) in [6, 6.07) is 9.17. The van der Waals surface area contributed by atoms with E-state index in [0.29, 0.717) is 18.0 Å². The monoisotopic (exact) mass is 329 g/mol. The van der Waals surface area contributed by atoms with Gasteiger partial charge in [-0.25, -0.2) is 4.79 Å². The topological polar surface area (TPSA) is 82.4 Å². The molecule has 1 aromatic rings. The molecule has 0 fully saturated rings. The van der Waals surface area contributed by atoms with Crippen LogP contribution in [0.5, 0.6) is 0 Å². The normalized spacial score (nSPS) is 10.9. The maximum atomic E-state index is 11.9. The van der Waals surface area contributed by atoms with E-state index in [-0.39, 0.29) is 11.5 Å². The lowest BCUT2D eigenvalue weighted by molar-refractivity contribution is -0.144. The zero-order valence-corrected chi connectivity index (χ0v) is 14.5. The van der Waals surface area contributed by atoms with Gasteiger partial charge in [-0.2, -0.15) is 5.26 Å². The van der Waals surface area contributed by atoms with Crippen LogP contribution >= 0.6 is 0 Å². The number of esters is 1. The molecule has 1 amide bonds. The number of nitrogens with one attached hydrogen (secondary N) is 1. The smallest absolute Gasteiger partial charge is 0.349 e. The van der Waals surface area contributed by atoms with Crippen molar-refractivity contribution in [2.75, 3.05) is 32.1 Å². The maximum Gasteiger partial charge on any atom is 0.349 e. The van der Waals surface area contributed by atoms with E-state index >= 15 is 0 Å². The Balaban J connectivity index is 2.66. The highest BCUT2D eigenvalue weighted by molar-refractivity contribution is 5.98. The van der Waals surface area contributed by atoms with E-state index in [1.165, 1.54) is 6.08 Å². The SMILES string of the molecule is CC(C)CNC(=O)COC(=O)/C(C#N)=C/c1ccc(N(C)C)cc1. The van der Waals surface area contributed by atoms with Crippen molar-refractivity contribution >= 4 is 23.6 Å². The van der Waals surface area contributed by atoms with Crippen molar-refractivity contribution < 1.29 is 14.3 Å². The van der Waals surface area contributed by atoms with E-state index in [1.54, 1.807) is 18.2 Å². The van der Waals surface area contributed by atoms with E-state index < -0.39 is 12.6 Å². The van der Waals surface area contributed by atoms with E-state index in [1.807, 2.05) is 45.0 Å². The third-order valence-corrected chi connectivity index (χ3v) is 3.10. The highest BCUT2D eigenvalue weighted by Gasteiger charge is 2.13. The molecule has 1 rings (SSSR count). The Morgan fingerprint density at radius 1 is 1.29 bits per heavy atom. The molecule has 0 aliphatic heterocycles. The van der Waals surface area contributed by atoms with Gasteiger partial charge in [0.1, 0.15) is 11.6 Å². The first-order chi connectivity index (χ1) is 11.3. The van der Waals surface area contributed by atoms with Crippen molar-refractivity contribution in [1.29, 1.82) is 5.26 Å². The first kappa shape index (κ1) is 19.2.